The SMILES string of the molecule is C=C(C=NC(=C)C)CCCN1CCOCC1=O. The third-order valence-electron chi connectivity index (χ3n) is 2.48. The highest BCUT2D eigenvalue weighted by Gasteiger charge is 2.17. The van der Waals surface area contributed by atoms with Crippen molar-refractivity contribution >= 4 is 12.1 Å². The highest BCUT2D eigenvalue weighted by Crippen LogP contribution is 2.05. The molecule has 0 saturated carbocycles. The van der Waals surface area contributed by atoms with Crippen molar-refractivity contribution in [1.29, 1.82) is 0 Å². The first-order valence-corrected chi connectivity index (χ1v) is 5.82. The summed E-state index contributed by atoms with van der Waals surface area (Å²) in [4.78, 5) is 17.4. The Hall–Kier alpha value is -1.42. The van der Waals surface area contributed by atoms with E-state index in [0.29, 0.717) is 13.2 Å². The van der Waals surface area contributed by atoms with E-state index >= 15 is 0 Å². The van der Waals surface area contributed by atoms with Gasteiger partial charge in [0.1, 0.15) is 6.61 Å². The van der Waals surface area contributed by atoms with Gasteiger partial charge in [-0.2, -0.15) is 0 Å². The number of aliphatic imine (C=N–C) groups is 1. The van der Waals surface area contributed by atoms with E-state index in [1.54, 1.807) is 6.21 Å². The third-order valence-corrected chi connectivity index (χ3v) is 2.48. The Morgan fingerprint density at radius 2 is 2.35 bits per heavy atom. The van der Waals surface area contributed by atoms with Crippen LogP contribution in [0.3, 0.4) is 0 Å². The number of hydrogen-bond acceptors (Lipinski definition) is 3. The minimum atomic E-state index is 0.0810. The van der Waals surface area contributed by atoms with E-state index in [1.165, 1.54) is 0 Å². The molecule has 17 heavy (non-hydrogen) atoms. The number of morpholine rings is 1. The molecular weight excluding hydrogens is 216 g/mol. The van der Waals surface area contributed by atoms with Crippen LogP contribution in [0.5, 0.6) is 0 Å². The van der Waals surface area contributed by atoms with Crippen molar-refractivity contribution in [2.45, 2.75) is 19.8 Å². The summed E-state index contributed by atoms with van der Waals surface area (Å²) in [7, 11) is 0. The molecule has 1 aliphatic rings. The van der Waals surface area contributed by atoms with Gasteiger partial charge in [0.15, 0.2) is 0 Å². The molecule has 94 valence electrons. The molecule has 1 saturated heterocycles. The van der Waals surface area contributed by atoms with Crippen molar-refractivity contribution in [3.63, 3.8) is 0 Å². The van der Waals surface area contributed by atoms with E-state index in [-0.39, 0.29) is 12.5 Å². The van der Waals surface area contributed by atoms with Gasteiger partial charge < -0.3 is 9.64 Å². The lowest BCUT2D eigenvalue weighted by Gasteiger charge is -2.26. The predicted molar refractivity (Wildman–Crippen MR) is 69.1 cm³/mol. The monoisotopic (exact) mass is 236 g/mol. The van der Waals surface area contributed by atoms with Gasteiger partial charge in [-0.15, -0.1) is 0 Å². The molecule has 4 nitrogen and oxygen atoms in total. The number of allylic oxidation sites excluding steroid dienone is 2. The highest BCUT2D eigenvalue weighted by molar-refractivity contribution is 5.79. The molecule has 0 N–H and O–H groups in total. The number of amides is 1. The number of ether oxygens (including phenoxy) is 1. The third kappa shape index (κ3) is 5.45. The van der Waals surface area contributed by atoms with Gasteiger partial charge in [-0.05, 0) is 25.3 Å². The quantitative estimate of drug-likeness (QED) is 0.660. The normalized spacial score (nSPS) is 16.5. The number of carbonyl (C=O) groups excluding carboxylic acids is 1. The van der Waals surface area contributed by atoms with Crippen molar-refractivity contribution < 1.29 is 9.53 Å². The van der Waals surface area contributed by atoms with Gasteiger partial charge in [-0.3, -0.25) is 9.79 Å². The van der Waals surface area contributed by atoms with E-state index < -0.39 is 0 Å². The van der Waals surface area contributed by atoms with Crippen molar-refractivity contribution in [3.05, 3.63) is 24.4 Å². The second-order valence-electron chi connectivity index (χ2n) is 4.19. The molecule has 0 aromatic rings. The lowest BCUT2D eigenvalue weighted by Crippen LogP contribution is -2.42. The van der Waals surface area contributed by atoms with Gasteiger partial charge in [-0.25, -0.2) is 0 Å². The molecule has 0 bridgehead atoms. The van der Waals surface area contributed by atoms with Crippen LogP contribution in [0.4, 0.5) is 0 Å². The number of carbonyl (C=O) groups is 1. The molecule has 1 heterocycles. The largest absolute Gasteiger partial charge is 0.370 e. The first-order chi connectivity index (χ1) is 8.09. The standard InChI is InChI=1S/C13H20N2O2/c1-11(2)14-9-12(3)5-4-6-15-7-8-17-10-13(15)16/h9H,1,3-8,10H2,2H3. The van der Waals surface area contributed by atoms with Crippen molar-refractivity contribution in [2.75, 3.05) is 26.3 Å². The second kappa shape index (κ2) is 7.01. The second-order valence-corrected chi connectivity index (χ2v) is 4.19. The fourth-order valence-corrected chi connectivity index (χ4v) is 1.55. The fraction of sp³-hybridized carbons (Fsp3) is 0.538. The molecule has 1 aliphatic heterocycles. The van der Waals surface area contributed by atoms with Crippen molar-refractivity contribution in [2.24, 2.45) is 4.99 Å². The van der Waals surface area contributed by atoms with Crippen LogP contribution in [0.1, 0.15) is 19.8 Å². The summed E-state index contributed by atoms with van der Waals surface area (Å²) < 4.78 is 5.06. The molecule has 1 fully saturated rings. The molecule has 0 aromatic heterocycles. The maximum atomic E-state index is 11.4. The molecule has 1 amide bonds. The summed E-state index contributed by atoms with van der Waals surface area (Å²) in [6.07, 6.45) is 3.50. The van der Waals surface area contributed by atoms with Gasteiger partial charge >= 0.3 is 0 Å². The Morgan fingerprint density at radius 3 is 3.00 bits per heavy atom. The van der Waals surface area contributed by atoms with Crippen LogP contribution in [0, 0.1) is 0 Å². The van der Waals surface area contributed by atoms with Crippen LogP contribution >= 0.6 is 0 Å². The highest BCUT2D eigenvalue weighted by atomic mass is 16.5. The molecule has 0 aliphatic carbocycles. The average molecular weight is 236 g/mol. The van der Waals surface area contributed by atoms with Crippen LogP contribution in [-0.2, 0) is 9.53 Å². The summed E-state index contributed by atoms with van der Waals surface area (Å²) in [5.41, 5.74) is 1.74. The van der Waals surface area contributed by atoms with Gasteiger partial charge in [0.25, 0.3) is 0 Å². The molecule has 0 spiro atoms. The van der Waals surface area contributed by atoms with Gasteiger partial charge in [-0.1, -0.05) is 13.2 Å². The smallest absolute Gasteiger partial charge is 0.248 e. The minimum absolute atomic E-state index is 0.0810. The number of nitrogens with zero attached hydrogens (tertiary/aromatic N) is 2. The molecular formula is C13H20N2O2. The summed E-state index contributed by atoms with van der Waals surface area (Å²) in [5.74, 6) is 0.0810. The summed E-state index contributed by atoms with van der Waals surface area (Å²) in [6.45, 7) is 11.8. The van der Waals surface area contributed by atoms with Crippen molar-refractivity contribution in [3.8, 4) is 0 Å². The van der Waals surface area contributed by atoms with E-state index in [0.717, 1.165) is 30.7 Å². The number of rotatable bonds is 6. The molecule has 0 unspecified atom stereocenters. The van der Waals surface area contributed by atoms with Gasteiger partial charge in [0.2, 0.25) is 5.91 Å². The van der Waals surface area contributed by atoms with E-state index in [1.807, 2.05) is 11.8 Å². The van der Waals surface area contributed by atoms with Gasteiger partial charge in [0.05, 0.1) is 6.61 Å². The molecule has 0 aromatic carbocycles. The summed E-state index contributed by atoms with van der Waals surface area (Å²) in [5, 5.41) is 0. The molecule has 1 rings (SSSR count). The Morgan fingerprint density at radius 1 is 1.59 bits per heavy atom. The topological polar surface area (TPSA) is 41.9 Å². The Balaban J connectivity index is 2.20. The minimum Gasteiger partial charge on any atom is -0.370 e. The Kier molecular flexibility index (Phi) is 5.63. The Labute approximate surface area is 103 Å². The molecule has 0 atom stereocenters. The van der Waals surface area contributed by atoms with Crippen LogP contribution in [-0.4, -0.2) is 43.3 Å². The summed E-state index contributed by atoms with van der Waals surface area (Å²) >= 11 is 0. The van der Waals surface area contributed by atoms with E-state index in [9.17, 15) is 4.79 Å². The van der Waals surface area contributed by atoms with Crippen LogP contribution < -0.4 is 0 Å². The fourth-order valence-electron chi connectivity index (χ4n) is 1.55. The van der Waals surface area contributed by atoms with Crippen LogP contribution in [0.15, 0.2) is 29.4 Å². The first kappa shape index (κ1) is 13.6. The Bertz CT molecular complexity index is 334. The van der Waals surface area contributed by atoms with E-state index in [4.69, 9.17) is 4.74 Å². The predicted octanol–water partition coefficient (Wildman–Crippen LogP) is 1.79. The molecule has 4 heteroatoms. The first-order valence-electron chi connectivity index (χ1n) is 5.82. The molecule has 0 radical (unpaired) electrons. The van der Waals surface area contributed by atoms with Gasteiger partial charge in [0, 0.05) is 25.0 Å². The zero-order chi connectivity index (χ0) is 12.7. The maximum absolute atomic E-state index is 11.4. The van der Waals surface area contributed by atoms with Crippen LogP contribution in [0.25, 0.3) is 0 Å². The van der Waals surface area contributed by atoms with Crippen molar-refractivity contribution in [1.82, 2.24) is 4.90 Å². The zero-order valence-electron chi connectivity index (χ0n) is 10.4. The zero-order valence-corrected chi connectivity index (χ0v) is 10.4. The lowest BCUT2D eigenvalue weighted by molar-refractivity contribution is -0.142. The van der Waals surface area contributed by atoms with Crippen LogP contribution in [0.2, 0.25) is 0 Å². The van der Waals surface area contributed by atoms with E-state index in [2.05, 4.69) is 18.2 Å². The maximum Gasteiger partial charge on any atom is 0.248 e. The number of hydrogen-bond donors (Lipinski definition) is 0. The lowest BCUT2D eigenvalue weighted by atomic mass is 10.1. The summed E-state index contributed by atoms with van der Waals surface area (Å²) in [6, 6.07) is 0. The average Bonchev–Trinajstić information content (AvgIpc) is 2.29.